The molecule has 2 heterocycles. The summed E-state index contributed by atoms with van der Waals surface area (Å²) in [6.45, 7) is 1.72. The molecule has 17 heavy (non-hydrogen) atoms. The summed E-state index contributed by atoms with van der Waals surface area (Å²) in [7, 11) is 0. The zero-order chi connectivity index (χ0) is 11.7. The maximum Gasteiger partial charge on any atom is 0.251 e. The van der Waals surface area contributed by atoms with Gasteiger partial charge in [0.05, 0.1) is 11.6 Å². The number of rotatable bonds is 2. The van der Waals surface area contributed by atoms with E-state index in [4.69, 9.17) is 0 Å². The Kier molecular flexibility index (Phi) is 2.49. The summed E-state index contributed by atoms with van der Waals surface area (Å²) >= 11 is 0. The summed E-state index contributed by atoms with van der Waals surface area (Å²) in [6.07, 6.45) is 1.75. The molecule has 4 heteroatoms. The second-order valence-electron chi connectivity index (χ2n) is 4.24. The first-order valence-electron chi connectivity index (χ1n) is 5.69. The first-order valence-corrected chi connectivity index (χ1v) is 5.69. The highest BCUT2D eigenvalue weighted by Gasteiger charge is 2.19. The minimum absolute atomic E-state index is 0.0118. The molecule has 1 aromatic carbocycles. The summed E-state index contributed by atoms with van der Waals surface area (Å²) in [5, 5.41) is 7.09. The standard InChI is InChI=1S/C13H13N3O/c17-13(16-11-7-14-8-11)10-3-4-12-9(6-10)2-1-5-15-12/h1-6,11,14H,7-8H2,(H,16,17). The molecule has 0 spiro atoms. The quantitative estimate of drug-likeness (QED) is 0.802. The van der Waals surface area contributed by atoms with Crippen molar-refractivity contribution in [3.05, 3.63) is 42.1 Å². The van der Waals surface area contributed by atoms with E-state index in [1.807, 2.05) is 30.3 Å². The number of aromatic nitrogens is 1. The van der Waals surface area contributed by atoms with Crippen LogP contribution in [0.15, 0.2) is 36.5 Å². The van der Waals surface area contributed by atoms with Crippen LogP contribution in [0.3, 0.4) is 0 Å². The molecule has 4 nitrogen and oxygen atoms in total. The van der Waals surface area contributed by atoms with Crippen molar-refractivity contribution in [3.8, 4) is 0 Å². The van der Waals surface area contributed by atoms with Crippen molar-refractivity contribution < 1.29 is 4.79 Å². The van der Waals surface area contributed by atoms with Crippen LogP contribution in [-0.2, 0) is 0 Å². The smallest absolute Gasteiger partial charge is 0.251 e. The van der Waals surface area contributed by atoms with Crippen LogP contribution >= 0.6 is 0 Å². The van der Waals surface area contributed by atoms with E-state index in [1.54, 1.807) is 6.20 Å². The Bertz CT molecular complexity index is 563. The zero-order valence-corrected chi connectivity index (χ0v) is 9.31. The van der Waals surface area contributed by atoms with Crippen molar-refractivity contribution in [3.63, 3.8) is 0 Å². The summed E-state index contributed by atoms with van der Waals surface area (Å²) in [5.41, 5.74) is 1.60. The van der Waals surface area contributed by atoms with E-state index in [0.717, 1.165) is 24.0 Å². The molecule has 2 N–H and O–H groups in total. The maximum absolute atomic E-state index is 11.9. The summed E-state index contributed by atoms with van der Waals surface area (Å²) < 4.78 is 0. The number of carbonyl (C=O) groups is 1. The molecule has 86 valence electrons. The Labute approximate surface area is 99.0 Å². The second kappa shape index (κ2) is 4.14. The fraction of sp³-hybridized carbons (Fsp3) is 0.231. The average Bonchev–Trinajstić information content (AvgIpc) is 2.33. The number of nitrogens with one attached hydrogen (secondary N) is 2. The lowest BCUT2D eigenvalue weighted by atomic mass is 10.1. The van der Waals surface area contributed by atoms with Gasteiger partial charge in [-0.05, 0) is 24.3 Å². The first kappa shape index (κ1) is 10.2. The molecule has 0 atom stereocenters. The number of benzene rings is 1. The largest absolute Gasteiger partial charge is 0.347 e. The lowest BCUT2D eigenvalue weighted by molar-refractivity contribution is 0.0924. The van der Waals surface area contributed by atoms with Crippen molar-refractivity contribution in [2.45, 2.75) is 6.04 Å². The van der Waals surface area contributed by atoms with Crippen molar-refractivity contribution >= 4 is 16.8 Å². The van der Waals surface area contributed by atoms with Gasteiger partial charge >= 0.3 is 0 Å². The van der Waals surface area contributed by atoms with Crippen molar-refractivity contribution in [2.24, 2.45) is 0 Å². The maximum atomic E-state index is 11.9. The lowest BCUT2D eigenvalue weighted by Gasteiger charge is -2.27. The van der Waals surface area contributed by atoms with Gasteiger partial charge in [0, 0.05) is 30.2 Å². The molecule has 1 aromatic heterocycles. The third-order valence-electron chi connectivity index (χ3n) is 2.98. The molecule has 1 fully saturated rings. The molecule has 0 aliphatic carbocycles. The van der Waals surface area contributed by atoms with Crippen LogP contribution in [0.25, 0.3) is 10.9 Å². The van der Waals surface area contributed by atoms with Gasteiger partial charge in [-0.3, -0.25) is 9.78 Å². The molecular formula is C13H13N3O. The van der Waals surface area contributed by atoms with Crippen LogP contribution in [0.5, 0.6) is 0 Å². The Morgan fingerprint density at radius 1 is 1.35 bits per heavy atom. The number of pyridine rings is 1. The number of carbonyl (C=O) groups excluding carboxylic acids is 1. The Morgan fingerprint density at radius 3 is 3.00 bits per heavy atom. The predicted octanol–water partition coefficient (Wildman–Crippen LogP) is 0.936. The van der Waals surface area contributed by atoms with Gasteiger partial charge in [0.1, 0.15) is 0 Å². The molecule has 0 radical (unpaired) electrons. The Morgan fingerprint density at radius 2 is 2.24 bits per heavy atom. The van der Waals surface area contributed by atoms with Gasteiger partial charge in [0.25, 0.3) is 5.91 Å². The van der Waals surface area contributed by atoms with E-state index in [1.165, 1.54) is 0 Å². The van der Waals surface area contributed by atoms with E-state index in [2.05, 4.69) is 15.6 Å². The number of nitrogens with zero attached hydrogens (tertiary/aromatic N) is 1. The monoisotopic (exact) mass is 227 g/mol. The van der Waals surface area contributed by atoms with Crippen molar-refractivity contribution in [1.82, 2.24) is 15.6 Å². The SMILES string of the molecule is O=C(NC1CNC1)c1ccc2ncccc2c1. The minimum Gasteiger partial charge on any atom is -0.347 e. The van der Waals surface area contributed by atoms with E-state index < -0.39 is 0 Å². The van der Waals surface area contributed by atoms with Gasteiger partial charge in [-0.15, -0.1) is 0 Å². The number of fused-ring (bicyclic) bond motifs is 1. The third kappa shape index (κ3) is 1.99. The van der Waals surface area contributed by atoms with Crippen LogP contribution in [0.2, 0.25) is 0 Å². The number of hydrogen-bond donors (Lipinski definition) is 2. The third-order valence-corrected chi connectivity index (χ3v) is 2.98. The van der Waals surface area contributed by atoms with Gasteiger partial charge in [0.15, 0.2) is 0 Å². The van der Waals surface area contributed by atoms with Crippen LogP contribution < -0.4 is 10.6 Å². The molecule has 1 aliphatic heterocycles. The normalized spacial score (nSPS) is 15.5. The molecule has 3 rings (SSSR count). The summed E-state index contributed by atoms with van der Waals surface area (Å²) in [4.78, 5) is 16.2. The summed E-state index contributed by atoms with van der Waals surface area (Å²) in [6, 6.07) is 9.68. The van der Waals surface area contributed by atoms with E-state index in [-0.39, 0.29) is 11.9 Å². The first-order chi connectivity index (χ1) is 8.33. The summed E-state index contributed by atoms with van der Waals surface area (Å²) in [5.74, 6) is -0.0118. The second-order valence-corrected chi connectivity index (χ2v) is 4.24. The average molecular weight is 227 g/mol. The molecule has 0 saturated carbocycles. The van der Waals surface area contributed by atoms with Crippen LogP contribution in [0, 0.1) is 0 Å². The topological polar surface area (TPSA) is 54.0 Å². The molecule has 0 bridgehead atoms. The van der Waals surface area contributed by atoms with Crippen LogP contribution in [-0.4, -0.2) is 30.0 Å². The predicted molar refractivity (Wildman–Crippen MR) is 65.9 cm³/mol. The van der Waals surface area contributed by atoms with Crippen molar-refractivity contribution in [2.75, 3.05) is 13.1 Å². The molecule has 0 unspecified atom stereocenters. The number of hydrogen-bond acceptors (Lipinski definition) is 3. The van der Waals surface area contributed by atoms with Crippen LogP contribution in [0.4, 0.5) is 0 Å². The molecule has 2 aromatic rings. The fourth-order valence-corrected chi connectivity index (χ4v) is 1.88. The van der Waals surface area contributed by atoms with Gasteiger partial charge in [-0.2, -0.15) is 0 Å². The van der Waals surface area contributed by atoms with Gasteiger partial charge in [0.2, 0.25) is 0 Å². The minimum atomic E-state index is -0.0118. The fourth-order valence-electron chi connectivity index (χ4n) is 1.88. The van der Waals surface area contributed by atoms with Crippen LogP contribution in [0.1, 0.15) is 10.4 Å². The molecular weight excluding hydrogens is 214 g/mol. The van der Waals surface area contributed by atoms with Crippen molar-refractivity contribution in [1.29, 1.82) is 0 Å². The lowest BCUT2D eigenvalue weighted by Crippen LogP contribution is -2.56. The van der Waals surface area contributed by atoms with Gasteiger partial charge < -0.3 is 10.6 Å². The Balaban J connectivity index is 1.86. The molecule has 1 amide bonds. The highest BCUT2D eigenvalue weighted by molar-refractivity contribution is 5.98. The van der Waals surface area contributed by atoms with E-state index >= 15 is 0 Å². The Hall–Kier alpha value is -1.94. The van der Waals surface area contributed by atoms with Gasteiger partial charge in [-0.1, -0.05) is 6.07 Å². The number of amides is 1. The zero-order valence-electron chi connectivity index (χ0n) is 9.31. The van der Waals surface area contributed by atoms with E-state index in [0.29, 0.717) is 5.56 Å². The van der Waals surface area contributed by atoms with Gasteiger partial charge in [-0.25, -0.2) is 0 Å². The van der Waals surface area contributed by atoms with E-state index in [9.17, 15) is 4.79 Å². The molecule has 1 aliphatic rings. The highest BCUT2D eigenvalue weighted by Crippen LogP contribution is 2.13. The highest BCUT2D eigenvalue weighted by atomic mass is 16.1. The molecule has 1 saturated heterocycles.